The Morgan fingerprint density at radius 2 is 1.88 bits per heavy atom. The van der Waals surface area contributed by atoms with Gasteiger partial charge in [-0.05, 0) is 34.9 Å². The van der Waals surface area contributed by atoms with E-state index in [9.17, 15) is 9.59 Å². The predicted molar refractivity (Wildman–Crippen MR) is 135 cm³/mol. The van der Waals surface area contributed by atoms with Gasteiger partial charge in [0.1, 0.15) is 6.61 Å². The van der Waals surface area contributed by atoms with E-state index in [0.717, 1.165) is 59.4 Å². The molecule has 0 aliphatic carbocycles. The fraction of sp³-hybridized carbons (Fsp3) is 0.500. The Hall–Kier alpha value is -2.86. The molecule has 0 aromatic heterocycles. The molecule has 1 unspecified atom stereocenters. The first-order valence-corrected chi connectivity index (χ1v) is 12.3. The maximum atomic E-state index is 13.3. The predicted octanol–water partition coefficient (Wildman–Crippen LogP) is 5.79. The van der Waals surface area contributed by atoms with Crippen LogP contribution in [0.2, 0.25) is 0 Å². The van der Waals surface area contributed by atoms with E-state index in [2.05, 4.69) is 38.3 Å². The fourth-order valence-corrected chi connectivity index (χ4v) is 4.46. The number of para-hydroxylation sites is 1. The van der Waals surface area contributed by atoms with Crippen LogP contribution in [-0.2, 0) is 32.9 Å². The Morgan fingerprint density at radius 1 is 1.09 bits per heavy atom. The number of hydrogen-bond donors (Lipinski definition) is 2. The van der Waals surface area contributed by atoms with Crippen molar-refractivity contribution in [2.45, 2.75) is 84.2 Å². The van der Waals surface area contributed by atoms with Gasteiger partial charge in [-0.15, -0.1) is 0 Å². The number of fused-ring (bicyclic) bond motifs is 1. The van der Waals surface area contributed by atoms with E-state index in [1.165, 1.54) is 0 Å². The third-order valence-electron chi connectivity index (χ3n) is 6.32. The number of rotatable bonds is 10. The van der Waals surface area contributed by atoms with Crippen LogP contribution in [0.15, 0.2) is 36.4 Å². The van der Waals surface area contributed by atoms with Crippen LogP contribution in [0.4, 0.5) is 5.69 Å². The lowest BCUT2D eigenvalue weighted by atomic mass is 9.84. The lowest BCUT2D eigenvalue weighted by Gasteiger charge is -2.25. The normalized spacial score (nSPS) is 13.7. The fourth-order valence-electron chi connectivity index (χ4n) is 4.46. The zero-order valence-corrected chi connectivity index (χ0v) is 21.1. The molecular weight excluding hydrogens is 428 g/mol. The average molecular weight is 467 g/mol. The van der Waals surface area contributed by atoms with Gasteiger partial charge in [0.05, 0.1) is 6.42 Å². The van der Waals surface area contributed by atoms with Crippen molar-refractivity contribution in [1.82, 2.24) is 5.32 Å². The van der Waals surface area contributed by atoms with Crippen molar-refractivity contribution in [3.63, 3.8) is 0 Å². The van der Waals surface area contributed by atoms with Gasteiger partial charge in [-0.1, -0.05) is 77.3 Å². The largest absolute Gasteiger partial charge is 0.359 e. The molecule has 0 saturated carbocycles. The van der Waals surface area contributed by atoms with Crippen molar-refractivity contribution in [1.29, 1.82) is 0 Å². The van der Waals surface area contributed by atoms with Crippen LogP contribution in [0.1, 0.15) is 88.0 Å². The zero-order valence-electron chi connectivity index (χ0n) is 21.1. The van der Waals surface area contributed by atoms with E-state index >= 15 is 0 Å². The Balaban J connectivity index is 1.84. The van der Waals surface area contributed by atoms with Gasteiger partial charge >= 0.3 is 0 Å². The Kier molecular flexibility index (Phi) is 8.72. The number of carbonyl (C=O) groups excluding carboxylic acids is 2. The van der Waals surface area contributed by atoms with Crippen molar-refractivity contribution < 1.29 is 19.4 Å². The van der Waals surface area contributed by atoms with E-state index in [4.69, 9.17) is 9.78 Å². The average Bonchev–Trinajstić information content (AvgIpc) is 3.27. The number of carbonyl (C=O) groups is 2. The summed E-state index contributed by atoms with van der Waals surface area (Å²) in [5.41, 5.74) is 4.58. The summed E-state index contributed by atoms with van der Waals surface area (Å²) < 4.78 is 0. The van der Waals surface area contributed by atoms with Crippen LogP contribution >= 0.6 is 0 Å². The second kappa shape index (κ2) is 11.5. The smallest absolute Gasteiger partial charge is 0.224 e. The van der Waals surface area contributed by atoms with Crippen LogP contribution in [0.3, 0.4) is 0 Å². The topological polar surface area (TPSA) is 76.7 Å². The minimum absolute atomic E-state index is 0.0374. The number of likely N-dealkylation sites (N-methyl/N-ethyl adjacent to an activating group) is 1. The molecule has 0 saturated heterocycles. The highest BCUT2D eigenvalue weighted by Gasteiger charge is 2.26. The molecule has 184 valence electrons. The SMILES string of the molecule is CCCCCC(CC(=O)Nc1cc(CC(=O)NC)ccc1C(C)(C)C)c1cccc2c1OOC2. The molecule has 6 heteroatoms. The molecule has 2 aromatic rings. The minimum Gasteiger partial charge on any atom is -0.359 e. The van der Waals surface area contributed by atoms with Gasteiger partial charge in [-0.3, -0.25) is 9.59 Å². The number of amides is 2. The van der Waals surface area contributed by atoms with Gasteiger partial charge in [0, 0.05) is 30.3 Å². The number of nitrogens with one attached hydrogen (secondary N) is 2. The van der Waals surface area contributed by atoms with Gasteiger partial charge in [-0.2, -0.15) is 4.89 Å². The number of hydrogen-bond acceptors (Lipinski definition) is 4. The summed E-state index contributed by atoms with van der Waals surface area (Å²) in [4.78, 5) is 35.9. The number of anilines is 1. The first kappa shape index (κ1) is 25.8. The molecule has 1 aliphatic heterocycles. The molecule has 3 rings (SSSR count). The van der Waals surface area contributed by atoms with Crippen molar-refractivity contribution >= 4 is 17.5 Å². The molecule has 0 fully saturated rings. The summed E-state index contributed by atoms with van der Waals surface area (Å²) in [6.07, 6.45) is 4.83. The van der Waals surface area contributed by atoms with E-state index < -0.39 is 0 Å². The molecule has 34 heavy (non-hydrogen) atoms. The quantitative estimate of drug-likeness (QED) is 0.343. The molecule has 1 aliphatic rings. The number of benzene rings is 2. The lowest BCUT2D eigenvalue weighted by molar-refractivity contribution is -0.195. The molecule has 6 nitrogen and oxygen atoms in total. The van der Waals surface area contributed by atoms with Crippen molar-refractivity contribution in [3.05, 3.63) is 58.7 Å². The van der Waals surface area contributed by atoms with Gasteiger partial charge in [0.15, 0.2) is 5.75 Å². The van der Waals surface area contributed by atoms with Crippen molar-refractivity contribution in [3.8, 4) is 5.75 Å². The third kappa shape index (κ3) is 6.60. The Labute approximate surface area is 203 Å². The van der Waals surface area contributed by atoms with E-state index in [-0.39, 0.29) is 29.6 Å². The number of unbranched alkanes of at least 4 members (excludes halogenated alkanes) is 2. The van der Waals surface area contributed by atoms with Crippen molar-refractivity contribution in [2.75, 3.05) is 12.4 Å². The highest BCUT2D eigenvalue weighted by atomic mass is 17.2. The Morgan fingerprint density at radius 3 is 2.59 bits per heavy atom. The highest BCUT2D eigenvalue weighted by Crippen LogP contribution is 2.39. The molecule has 1 heterocycles. The first-order valence-electron chi connectivity index (χ1n) is 12.3. The van der Waals surface area contributed by atoms with Crippen LogP contribution < -0.4 is 15.5 Å². The third-order valence-corrected chi connectivity index (χ3v) is 6.32. The summed E-state index contributed by atoms with van der Waals surface area (Å²) in [5, 5.41) is 5.82. The molecule has 2 N–H and O–H groups in total. The zero-order chi connectivity index (χ0) is 24.7. The molecule has 0 radical (unpaired) electrons. The second-order valence-electron chi connectivity index (χ2n) is 10.1. The van der Waals surface area contributed by atoms with E-state index in [0.29, 0.717) is 13.0 Å². The van der Waals surface area contributed by atoms with Gasteiger partial charge in [0.25, 0.3) is 0 Å². The molecule has 0 bridgehead atoms. The van der Waals surface area contributed by atoms with Gasteiger partial charge < -0.3 is 15.5 Å². The van der Waals surface area contributed by atoms with Crippen LogP contribution in [0.5, 0.6) is 5.75 Å². The summed E-state index contributed by atoms with van der Waals surface area (Å²) in [7, 11) is 1.63. The Bertz CT molecular complexity index is 1010. The maximum absolute atomic E-state index is 13.3. The van der Waals surface area contributed by atoms with E-state index in [1.54, 1.807) is 7.05 Å². The van der Waals surface area contributed by atoms with Gasteiger partial charge in [-0.25, -0.2) is 0 Å². The maximum Gasteiger partial charge on any atom is 0.224 e. The van der Waals surface area contributed by atoms with Crippen LogP contribution in [-0.4, -0.2) is 18.9 Å². The summed E-state index contributed by atoms with van der Waals surface area (Å²) in [6.45, 7) is 8.97. The lowest BCUT2D eigenvalue weighted by Crippen LogP contribution is -2.22. The first-order chi connectivity index (χ1) is 16.2. The summed E-state index contributed by atoms with van der Waals surface area (Å²) in [6, 6.07) is 12.0. The van der Waals surface area contributed by atoms with Gasteiger partial charge in [0.2, 0.25) is 11.8 Å². The molecule has 2 amide bonds. The monoisotopic (exact) mass is 466 g/mol. The molecule has 0 spiro atoms. The molecule has 2 aromatic carbocycles. The molecule has 1 atom stereocenters. The highest BCUT2D eigenvalue weighted by molar-refractivity contribution is 5.92. The minimum atomic E-state index is -0.153. The van der Waals surface area contributed by atoms with Crippen LogP contribution in [0, 0.1) is 0 Å². The summed E-state index contributed by atoms with van der Waals surface area (Å²) >= 11 is 0. The second-order valence-corrected chi connectivity index (χ2v) is 10.1. The molecular formula is C28H38N2O4. The summed E-state index contributed by atoms with van der Waals surface area (Å²) in [5.74, 6) is 0.702. The van der Waals surface area contributed by atoms with Crippen molar-refractivity contribution in [2.24, 2.45) is 0 Å². The standard InChI is InChI=1S/C28H38N2O4/c1-6-7-8-10-20(22-12-9-11-21-18-33-34-27(21)22)17-26(32)30-24-15-19(16-25(31)29-5)13-14-23(24)28(2,3)4/h9,11-15,20H,6-8,10,16-18H2,1-5H3,(H,29,31)(H,30,32). The van der Waals surface area contributed by atoms with Crippen LogP contribution in [0.25, 0.3) is 0 Å². The van der Waals surface area contributed by atoms with E-state index in [1.807, 2.05) is 36.4 Å².